The second-order valence-electron chi connectivity index (χ2n) is 5.09. The highest BCUT2D eigenvalue weighted by Gasteiger charge is 2.36. The minimum Gasteiger partial charge on any atom is -0.328 e. The first-order chi connectivity index (χ1) is 10.4. The summed E-state index contributed by atoms with van der Waals surface area (Å²) in [5.74, 6) is -1.12. The summed E-state index contributed by atoms with van der Waals surface area (Å²) in [5, 5.41) is 7.12. The van der Waals surface area contributed by atoms with Crippen LogP contribution in [0.2, 0.25) is 0 Å². The lowest BCUT2D eigenvalue weighted by atomic mass is 10.1. The molecule has 1 atom stereocenters. The van der Waals surface area contributed by atoms with Crippen molar-refractivity contribution in [2.24, 2.45) is 0 Å². The molecule has 0 saturated heterocycles. The third-order valence-electron chi connectivity index (χ3n) is 3.13. The molecule has 0 fully saturated rings. The van der Waals surface area contributed by atoms with Gasteiger partial charge in [-0.1, -0.05) is 12.1 Å². The molecule has 0 aliphatic carbocycles. The fourth-order valence-corrected chi connectivity index (χ4v) is 2.29. The maximum Gasteiger partial charge on any atom is 0.406 e. The third-order valence-corrected chi connectivity index (χ3v) is 4.61. The van der Waals surface area contributed by atoms with Gasteiger partial charge in [-0.15, -0.1) is 0 Å². The fourth-order valence-electron chi connectivity index (χ4n) is 1.77. The molecule has 9 heteroatoms. The average Bonchev–Trinajstić information content (AvgIpc) is 2.43. The second-order valence-corrected chi connectivity index (χ2v) is 7.46. The number of benzene rings is 1. The van der Waals surface area contributed by atoms with Crippen molar-refractivity contribution in [3.05, 3.63) is 35.4 Å². The summed E-state index contributed by atoms with van der Waals surface area (Å²) < 4.78 is 60.8. The Morgan fingerprint density at radius 3 is 2.22 bits per heavy atom. The average molecular weight is 348 g/mol. The molecule has 0 radical (unpaired) electrons. The Hall–Kier alpha value is -2.08. The lowest BCUT2D eigenvalue weighted by Crippen LogP contribution is -2.45. The van der Waals surface area contributed by atoms with Crippen LogP contribution in [0.25, 0.3) is 0 Å². The Labute approximate surface area is 132 Å². The first-order valence-corrected chi connectivity index (χ1v) is 8.43. The first kappa shape index (κ1) is 19.0. The van der Waals surface area contributed by atoms with Gasteiger partial charge in [0, 0.05) is 12.8 Å². The summed E-state index contributed by atoms with van der Waals surface area (Å²) in [7, 11) is -3.81. The zero-order chi connectivity index (χ0) is 17.8. The number of carbonyl (C=O) groups excluding carboxylic acids is 1. The van der Waals surface area contributed by atoms with Crippen LogP contribution in [0.3, 0.4) is 0 Å². The van der Waals surface area contributed by atoms with Crippen LogP contribution in [-0.4, -0.2) is 43.5 Å². The summed E-state index contributed by atoms with van der Waals surface area (Å²) in [6, 6.07) is 7.52. The van der Waals surface area contributed by atoms with Crippen molar-refractivity contribution in [2.45, 2.75) is 24.9 Å². The Morgan fingerprint density at radius 1 is 1.30 bits per heavy atom. The quantitative estimate of drug-likeness (QED) is 0.814. The maximum absolute atomic E-state index is 12.7. The Morgan fingerprint density at radius 2 is 1.83 bits per heavy atom. The van der Waals surface area contributed by atoms with Gasteiger partial charge < -0.3 is 4.90 Å². The van der Waals surface area contributed by atoms with Crippen LogP contribution >= 0.6 is 0 Å². The van der Waals surface area contributed by atoms with Gasteiger partial charge >= 0.3 is 6.18 Å². The van der Waals surface area contributed by atoms with Gasteiger partial charge in [0.05, 0.1) is 11.6 Å². The van der Waals surface area contributed by atoms with Gasteiger partial charge in [0.25, 0.3) is 0 Å². The molecule has 0 unspecified atom stereocenters. The third kappa shape index (κ3) is 5.90. The van der Waals surface area contributed by atoms with E-state index >= 15 is 0 Å². The molecule has 0 aromatic heterocycles. The number of amides is 1. The molecule has 1 rings (SSSR count). The van der Waals surface area contributed by atoms with Gasteiger partial charge in [-0.25, -0.2) is 8.42 Å². The van der Waals surface area contributed by atoms with E-state index in [2.05, 4.69) is 0 Å². The monoisotopic (exact) mass is 348 g/mol. The number of sulfone groups is 1. The van der Waals surface area contributed by atoms with Crippen molar-refractivity contribution in [1.82, 2.24) is 4.90 Å². The van der Waals surface area contributed by atoms with Crippen LogP contribution < -0.4 is 0 Å². The number of nitrogens with zero attached hydrogens (tertiary/aromatic N) is 2. The van der Waals surface area contributed by atoms with Crippen LogP contribution in [0, 0.1) is 11.3 Å². The molecule has 0 aliphatic heterocycles. The number of halogens is 3. The standard InChI is InChI=1S/C14H15F3N2O3S/c1-10(23(2,21)22)13(20)19(9-14(15,16)17)8-12-5-3-11(7-18)4-6-12/h3-6,10H,8-9H2,1-2H3/t10-/m1/s1. The molecule has 0 heterocycles. The van der Waals surface area contributed by atoms with Gasteiger partial charge in [-0.2, -0.15) is 18.4 Å². The zero-order valence-corrected chi connectivity index (χ0v) is 13.3. The molecule has 1 aromatic carbocycles. The summed E-state index contributed by atoms with van der Waals surface area (Å²) >= 11 is 0. The molecular weight excluding hydrogens is 333 g/mol. The van der Waals surface area contributed by atoms with Crippen molar-refractivity contribution in [3.8, 4) is 6.07 Å². The minimum absolute atomic E-state index is 0.326. The van der Waals surface area contributed by atoms with Gasteiger partial charge in [0.2, 0.25) is 5.91 Å². The maximum atomic E-state index is 12.7. The molecule has 0 aliphatic rings. The summed E-state index contributed by atoms with van der Waals surface area (Å²) in [6.45, 7) is -0.893. The largest absolute Gasteiger partial charge is 0.406 e. The van der Waals surface area contributed by atoms with Crippen LogP contribution in [0.5, 0.6) is 0 Å². The molecule has 23 heavy (non-hydrogen) atoms. The van der Waals surface area contributed by atoms with E-state index in [1.54, 1.807) is 0 Å². The lowest BCUT2D eigenvalue weighted by molar-refractivity contribution is -0.162. The summed E-state index contributed by atoms with van der Waals surface area (Å²) in [5.41, 5.74) is 0.689. The van der Waals surface area contributed by atoms with Crippen molar-refractivity contribution in [3.63, 3.8) is 0 Å². The normalized spacial score (nSPS) is 13.2. The molecule has 5 nitrogen and oxygen atoms in total. The van der Waals surface area contributed by atoms with E-state index in [0.717, 1.165) is 13.2 Å². The smallest absolute Gasteiger partial charge is 0.328 e. The fraction of sp³-hybridized carbons (Fsp3) is 0.429. The molecule has 0 spiro atoms. The SMILES string of the molecule is C[C@H](C(=O)N(Cc1ccc(C#N)cc1)CC(F)(F)F)S(C)(=O)=O. The van der Waals surface area contributed by atoms with E-state index in [1.807, 2.05) is 6.07 Å². The Bertz CT molecular complexity index is 706. The molecule has 1 amide bonds. The van der Waals surface area contributed by atoms with Crippen LogP contribution in [0.1, 0.15) is 18.1 Å². The number of hydrogen-bond donors (Lipinski definition) is 0. The predicted octanol–water partition coefficient (Wildman–Crippen LogP) is 1.88. The van der Waals surface area contributed by atoms with Gasteiger partial charge in [-0.3, -0.25) is 4.79 Å². The molecule has 126 valence electrons. The van der Waals surface area contributed by atoms with Crippen LogP contribution in [-0.2, 0) is 21.2 Å². The lowest BCUT2D eigenvalue weighted by Gasteiger charge is -2.26. The van der Waals surface area contributed by atoms with E-state index in [0.29, 0.717) is 16.0 Å². The Kier molecular flexibility index (Phi) is 5.77. The highest BCUT2D eigenvalue weighted by molar-refractivity contribution is 7.92. The number of hydrogen-bond acceptors (Lipinski definition) is 4. The van der Waals surface area contributed by atoms with E-state index in [-0.39, 0.29) is 0 Å². The van der Waals surface area contributed by atoms with E-state index in [1.165, 1.54) is 24.3 Å². The van der Waals surface area contributed by atoms with E-state index in [4.69, 9.17) is 5.26 Å². The molecular formula is C14H15F3N2O3S. The van der Waals surface area contributed by atoms with Crippen LogP contribution in [0.15, 0.2) is 24.3 Å². The molecule has 0 saturated carbocycles. The van der Waals surface area contributed by atoms with Crippen molar-refractivity contribution >= 4 is 15.7 Å². The molecule has 0 N–H and O–H groups in total. The number of nitriles is 1. The second kappa shape index (κ2) is 7.00. The van der Waals surface area contributed by atoms with Gasteiger partial charge in [-0.05, 0) is 24.6 Å². The zero-order valence-electron chi connectivity index (χ0n) is 12.5. The minimum atomic E-state index is -4.65. The number of rotatable bonds is 5. The molecule has 0 bridgehead atoms. The topological polar surface area (TPSA) is 78.2 Å². The Balaban J connectivity index is 3.05. The summed E-state index contributed by atoms with van der Waals surface area (Å²) in [4.78, 5) is 12.5. The van der Waals surface area contributed by atoms with Crippen molar-refractivity contribution in [1.29, 1.82) is 5.26 Å². The van der Waals surface area contributed by atoms with Gasteiger partial charge in [0.1, 0.15) is 11.8 Å². The highest BCUT2D eigenvalue weighted by Crippen LogP contribution is 2.20. The van der Waals surface area contributed by atoms with Crippen molar-refractivity contribution < 1.29 is 26.4 Å². The molecule has 1 aromatic rings. The highest BCUT2D eigenvalue weighted by atomic mass is 32.2. The number of alkyl halides is 3. The van der Waals surface area contributed by atoms with E-state index in [9.17, 15) is 26.4 Å². The summed E-state index contributed by atoms with van der Waals surface area (Å²) in [6.07, 6.45) is -3.86. The van der Waals surface area contributed by atoms with Crippen LogP contribution in [0.4, 0.5) is 13.2 Å². The van der Waals surface area contributed by atoms with Gasteiger partial charge in [0.15, 0.2) is 9.84 Å². The van der Waals surface area contributed by atoms with E-state index < -0.39 is 40.3 Å². The predicted molar refractivity (Wildman–Crippen MR) is 76.9 cm³/mol. The number of carbonyl (C=O) groups is 1. The van der Waals surface area contributed by atoms with Crippen molar-refractivity contribution in [2.75, 3.05) is 12.8 Å². The first-order valence-electron chi connectivity index (χ1n) is 6.47.